The van der Waals surface area contributed by atoms with Crippen molar-refractivity contribution in [1.82, 2.24) is 5.32 Å². The Morgan fingerprint density at radius 1 is 1.26 bits per heavy atom. The van der Waals surface area contributed by atoms with Crippen LogP contribution in [0.15, 0.2) is 18.2 Å². The molecule has 0 spiro atoms. The van der Waals surface area contributed by atoms with Gasteiger partial charge in [0.2, 0.25) is 0 Å². The van der Waals surface area contributed by atoms with Crippen LogP contribution in [0.25, 0.3) is 0 Å². The first-order valence-corrected chi connectivity index (χ1v) is 7.00. The lowest BCUT2D eigenvalue weighted by Gasteiger charge is -2.27. The molecule has 0 heterocycles. The maximum atomic E-state index is 5.21. The van der Waals surface area contributed by atoms with Gasteiger partial charge in [0.05, 0.1) is 6.61 Å². The molecule has 0 fully saturated rings. The predicted octanol–water partition coefficient (Wildman–Crippen LogP) is 2.96. The molecule has 0 aromatic heterocycles. The lowest BCUT2D eigenvalue weighted by Crippen LogP contribution is -2.32. The van der Waals surface area contributed by atoms with Gasteiger partial charge in [-0.2, -0.15) is 0 Å². The van der Waals surface area contributed by atoms with Crippen molar-refractivity contribution < 1.29 is 4.74 Å². The molecular formula is C16H28N2O. The third-order valence-electron chi connectivity index (χ3n) is 3.50. The Bertz CT molecular complexity index is 390. The van der Waals surface area contributed by atoms with E-state index in [-0.39, 0.29) is 0 Å². The molecule has 0 bridgehead atoms. The minimum Gasteiger partial charge on any atom is -0.383 e. The molecule has 0 amide bonds. The largest absolute Gasteiger partial charge is 0.383 e. The van der Waals surface area contributed by atoms with E-state index >= 15 is 0 Å². The van der Waals surface area contributed by atoms with Gasteiger partial charge < -0.3 is 15.0 Å². The second-order valence-electron chi connectivity index (χ2n) is 5.56. The molecule has 0 radical (unpaired) electrons. The van der Waals surface area contributed by atoms with Crippen LogP contribution in [0.3, 0.4) is 0 Å². The Balaban J connectivity index is 2.75. The predicted molar refractivity (Wildman–Crippen MR) is 82.9 cm³/mol. The normalized spacial score (nSPS) is 12.8. The smallest absolute Gasteiger partial charge is 0.0663 e. The number of ether oxygens (including phenoxy) is 1. The van der Waals surface area contributed by atoms with E-state index in [0.717, 1.165) is 13.2 Å². The van der Waals surface area contributed by atoms with Gasteiger partial charge in [0.15, 0.2) is 0 Å². The SMILES string of the molecule is COCC(C)N(C)c1ccc(CNC(C)C)c(C)c1. The van der Waals surface area contributed by atoms with Crippen molar-refractivity contribution in [2.75, 3.05) is 25.7 Å². The molecule has 3 nitrogen and oxygen atoms in total. The summed E-state index contributed by atoms with van der Waals surface area (Å²) in [4.78, 5) is 2.26. The summed E-state index contributed by atoms with van der Waals surface area (Å²) in [6.45, 7) is 10.4. The number of rotatable bonds is 7. The number of nitrogens with zero attached hydrogens (tertiary/aromatic N) is 1. The van der Waals surface area contributed by atoms with Crippen molar-refractivity contribution in [2.45, 2.75) is 46.3 Å². The molecule has 1 aromatic rings. The molecule has 0 saturated carbocycles. The third kappa shape index (κ3) is 4.84. The number of hydrogen-bond donors (Lipinski definition) is 1. The number of nitrogens with one attached hydrogen (secondary N) is 1. The molecule has 1 rings (SSSR count). The van der Waals surface area contributed by atoms with Gasteiger partial charge in [-0.05, 0) is 37.1 Å². The molecule has 19 heavy (non-hydrogen) atoms. The van der Waals surface area contributed by atoms with Crippen LogP contribution in [0.2, 0.25) is 0 Å². The molecule has 1 aromatic carbocycles. The summed E-state index contributed by atoms with van der Waals surface area (Å²) < 4.78 is 5.21. The quantitative estimate of drug-likeness (QED) is 0.819. The highest BCUT2D eigenvalue weighted by Gasteiger charge is 2.10. The fourth-order valence-corrected chi connectivity index (χ4v) is 2.02. The minimum atomic E-state index is 0.379. The number of benzene rings is 1. The molecule has 1 N–H and O–H groups in total. The lowest BCUT2D eigenvalue weighted by atomic mass is 10.1. The molecule has 0 aliphatic carbocycles. The van der Waals surface area contributed by atoms with Crippen molar-refractivity contribution in [2.24, 2.45) is 0 Å². The lowest BCUT2D eigenvalue weighted by molar-refractivity contribution is 0.183. The zero-order chi connectivity index (χ0) is 14.4. The maximum absolute atomic E-state index is 5.21. The highest BCUT2D eigenvalue weighted by Crippen LogP contribution is 2.20. The van der Waals surface area contributed by atoms with Gasteiger partial charge >= 0.3 is 0 Å². The van der Waals surface area contributed by atoms with Gasteiger partial charge in [-0.3, -0.25) is 0 Å². The first-order chi connectivity index (χ1) is 8.95. The van der Waals surface area contributed by atoms with Crippen LogP contribution in [-0.2, 0) is 11.3 Å². The molecule has 0 aliphatic rings. The summed E-state index contributed by atoms with van der Waals surface area (Å²) >= 11 is 0. The van der Waals surface area contributed by atoms with E-state index < -0.39 is 0 Å². The van der Waals surface area contributed by atoms with Crippen LogP contribution in [0.1, 0.15) is 31.9 Å². The summed E-state index contributed by atoms with van der Waals surface area (Å²) in [6, 6.07) is 7.56. The molecule has 3 heteroatoms. The second-order valence-corrected chi connectivity index (χ2v) is 5.56. The minimum absolute atomic E-state index is 0.379. The molecule has 0 aliphatic heterocycles. The van der Waals surface area contributed by atoms with E-state index in [1.54, 1.807) is 7.11 Å². The van der Waals surface area contributed by atoms with E-state index in [1.807, 2.05) is 0 Å². The Morgan fingerprint density at radius 2 is 1.95 bits per heavy atom. The number of hydrogen-bond acceptors (Lipinski definition) is 3. The van der Waals surface area contributed by atoms with Crippen LogP contribution < -0.4 is 10.2 Å². The average Bonchev–Trinajstić information content (AvgIpc) is 2.36. The molecule has 1 unspecified atom stereocenters. The Hall–Kier alpha value is -1.06. The molecular weight excluding hydrogens is 236 g/mol. The monoisotopic (exact) mass is 264 g/mol. The Kier molecular flexibility index (Phi) is 6.32. The van der Waals surface area contributed by atoms with E-state index in [1.165, 1.54) is 16.8 Å². The zero-order valence-electron chi connectivity index (χ0n) is 13.2. The van der Waals surface area contributed by atoms with Crippen LogP contribution in [0.5, 0.6) is 0 Å². The van der Waals surface area contributed by atoms with Crippen molar-refractivity contribution in [3.05, 3.63) is 29.3 Å². The van der Waals surface area contributed by atoms with Gasteiger partial charge in [0.1, 0.15) is 0 Å². The summed E-state index contributed by atoms with van der Waals surface area (Å²) in [7, 11) is 3.86. The van der Waals surface area contributed by atoms with Crippen LogP contribution in [0.4, 0.5) is 5.69 Å². The van der Waals surface area contributed by atoms with E-state index in [9.17, 15) is 0 Å². The van der Waals surface area contributed by atoms with Crippen molar-refractivity contribution in [3.63, 3.8) is 0 Å². The number of aryl methyl sites for hydroxylation is 1. The topological polar surface area (TPSA) is 24.5 Å². The third-order valence-corrected chi connectivity index (χ3v) is 3.50. The summed E-state index contributed by atoms with van der Waals surface area (Å²) in [5, 5.41) is 3.46. The van der Waals surface area contributed by atoms with Gasteiger partial charge in [0, 0.05) is 38.5 Å². The summed E-state index contributed by atoms with van der Waals surface area (Å²) in [5.41, 5.74) is 3.95. The fourth-order valence-electron chi connectivity index (χ4n) is 2.02. The summed E-state index contributed by atoms with van der Waals surface area (Å²) in [6.07, 6.45) is 0. The molecule has 108 valence electrons. The van der Waals surface area contributed by atoms with Gasteiger partial charge in [-0.25, -0.2) is 0 Å². The Morgan fingerprint density at radius 3 is 2.47 bits per heavy atom. The van der Waals surface area contributed by atoms with Gasteiger partial charge in [-0.15, -0.1) is 0 Å². The first kappa shape index (κ1) is 16.0. The Labute approximate surface area is 118 Å². The second kappa shape index (κ2) is 7.51. The molecule has 1 atom stereocenters. The number of likely N-dealkylation sites (N-methyl/N-ethyl adjacent to an activating group) is 1. The van der Waals surface area contributed by atoms with Gasteiger partial charge in [0.25, 0.3) is 0 Å². The van der Waals surface area contributed by atoms with Crippen LogP contribution in [0, 0.1) is 6.92 Å². The van der Waals surface area contributed by atoms with Crippen molar-refractivity contribution >= 4 is 5.69 Å². The van der Waals surface area contributed by atoms with Gasteiger partial charge in [-0.1, -0.05) is 19.9 Å². The first-order valence-electron chi connectivity index (χ1n) is 7.00. The highest BCUT2D eigenvalue weighted by atomic mass is 16.5. The maximum Gasteiger partial charge on any atom is 0.0663 e. The zero-order valence-corrected chi connectivity index (χ0v) is 13.2. The fraction of sp³-hybridized carbons (Fsp3) is 0.625. The number of methoxy groups -OCH3 is 1. The molecule has 0 saturated heterocycles. The van der Waals surface area contributed by atoms with Crippen LogP contribution >= 0.6 is 0 Å². The van der Waals surface area contributed by atoms with Crippen molar-refractivity contribution in [3.8, 4) is 0 Å². The van der Waals surface area contributed by atoms with Crippen LogP contribution in [-0.4, -0.2) is 32.8 Å². The van der Waals surface area contributed by atoms with E-state index in [2.05, 4.69) is 63.2 Å². The van der Waals surface area contributed by atoms with E-state index in [0.29, 0.717) is 12.1 Å². The highest BCUT2D eigenvalue weighted by molar-refractivity contribution is 5.51. The van der Waals surface area contributed by atoms with Crippen molar-refractivity contribution in [1.29, 1.82) is 0 Å². The standard InChI is InChI=1S/C16H28N2O/c1-12(2)17-10-15-7-8-16(9-13(15)3)18(5)14(4)11-19-6/h7-9,12,14,17H,10-11H2,1-6H3. The summed E-state index contributed by atoms with van der Waals surface area (Å²) in [5.74, 6) is 0. The van der Waals surface area contributed by atoms with E-state index in [4.69, 9.17) is 4.74 Å². The number of anilines is 1. The average molecular weight is 264 g/mol.